The van der Waals surface area contributed by atoms with Gasteiger partial charge in [-0.25, -0.2) is 0 Å². The van der Waals surface area contributed by atoms with Crippen molar-refractivity contribution in [2.75, 3.05) is 6.16 Å². The number of fused-ring (bicyclic) bond motifs is 4. The molecule has 46 heavy (non-hydrogen) atoms. The molecule has 4 atom stereocenters. The lowest BCUT2D eigenvalue weighted by Crippen LogP contribution is -2.56. The van der Waals surface area contributed by atoms with E-state index in [0.29, 0.717) is 17.5 Å². The molecule has 8 rings (SSSR count). The maximum atomic E-state index is 2.55. The van der Waals surface area contributed by atoms with E-state index in [1.165, 1.54) is 39.4 Å². The standard InChI is InChI=1S/C44H40P2/c1-33(46(38-23-10-4-11-24-38)39-25-12-5-13-26-39)30-35(32-45(36-19-6-2-7-20-36)37-21-8-3-9-22-37)43-40-27-15-17-29-42(40)44(43)31-34-18-14-16-28-41(34)44/h2-29,33,35,43H,30-32H2,1H3. The molecule has 0 bridgehead atoms. The van der Waals surface area contributed by atoms with Crippen LogP contribution in [0.5, 0.6) is 0 Å². The average molecular weight is 631 g/mol. The summed E-state index contributed by atoms with van der Waals surface area (Å²) in [5, 5.41) is 5.96. The van der Waals surface area contributed by atoms with Crippen LogP contribution < -0.4 is 21.2 Å². The van der Waals surface area contributed by atoms with Crippen molar-refractivity contribution in [3.63, 3.8) is 0 Å². The summed E-state index contributed by atoms with van der Waals surface area (Å²) in [7, 11) is -1.04. The van der Waals surface area contributed by atoms with Crippen LogP contribution in [0.1, 0.15) is 41.5 Å². The molecule has 0 saturated heterocycles. The first-order chi connectivity index (χ1) is 22.7. The van der Waals surface area contributed by atoms with E-state index in [2.05, 4.69) is 177 Å². The van der Waals surface area contributed by atoms with Crippen LogP contribution in [0.4, 0.5) is 0 Å². The Bertz CT molecular complexity index is 1830. The summed E-state index contributed by atoms with van der Waals surface area (Å²) in [5.74, 6) is 1.06. The highest BCUT2D eigenvalue weighted by Crippen LogP contribution is 2.67. The Balaban J connectivity index is 1.25. The normalized spacial score (nSPS) is 19.2. The molecule has 0 aromatic heterocycles. The van der Waals surface area contributed by atoms with Gasteiger partial charge < -0.3 is 0 Å². The Morgan fingerprint density at radius 2 is 1.00 bits per heavy atom. The van der Waals surface area contributed by atoms with Crippen LogP contribution >= 0.6 is 15.8 Å². The Kier molecular flexibility index (Phi) is 8.20. The molecule has 0 nitrogen and oxygen atoms in total. The third-order valence-corrected chi connectivity index (χ3v) is 15.9. The van der Waals surface area contributed by atoms with Crippen LogP contribution in [0, 0.1) is 5.92 Å². The largest absolute Gasteiger partial charge is 0.0622 e. The fraction of sp³-hybridized carbons (Fsp3) is 0.182. The Morgan fingerprint density at radius 3 is 1.54 bits per heavy atom. The minimum Gasteiger partial charge on any atom is -0.0622 e. The van der Waals surface area contributed by atoms with Crippen molar-refractivity contribution >= 4 is 37.1 Å². The highest BCUT2D eigenvalue weighted by molar-refractivity contribution is 7.73. The van der Waals surface area contributed by atoms with Crippen molar-refractivity contribution in [3.8, 4) is 0 Å². The molecule has 2 aliphatic carbocycles. The number of rotatable bonds is 10. The minimum absolute atomic E-state index is 0.133. The smallest absolute Gasteiger partial charge is 0.0320 e. The molecule has 0 aliphatic heterocycles. The van der Waals surface area contributed by atoms with Crippen LogP contribution in [0.15, 0.2) is 170 Å². The molecule has 0 amide bonds. The fourth-order valence-electron chi connectivity index (χ4n) is 8.61. The zero-order valence-electron chi connectivity index (χ0n) is 26.4. The van der Waals surface area contributed by atoms with Crippen molar-refractivity contribution in [1.29, 1.82) is 0 Å². The van der Waals surface area contributed by atoms with Gasteiger partial charge >= 0.3 is 0 Å². The summed E-state index contributed by atoms with van der Waals surface area (Å²) in [6.45, 7) is 2.55. The summed E-state index contributed by atoms with van der Waals surface area (Å²) in [6.07, 6.45) is 3.57. The monoisotopic (exact) mass is 630 g/mol. The predicted molar refractivity (Wildman–Crippen MR) is 201 cm³/mol. The molecule has 6 aromatic rings. The maximum absolute atomic E-state index is 2.55. The van der Waals surface area contributed by atoms with Crippen molar-refractivity contribution in [3.05, 3.63) is 192 Å². The molecule has 2 aliphatic rings. The lowest BCUT2D eigenvalue weighted by molar-refractivity contribution is 0.227. The molecule has 4 unspecified atom stereocenters. The molecule has 2 heteroatoms. The molecule has 0 fully saturated rings. The molecular formula is C44H40P2. The van der Waals surface area contributed by atoms with Gasteiger partial charge in [0.15, 0.2) is 0 Å². The molecule has 0 heterocycles. The van der Waals surface area contributed by atoms with E-state index in [9.17, 15) is 0 Å². The van der Waals surface area contributed by atoms with Crippen LogP contribution in [-0.4, -0.2) is 11.8 Å². The lowest BCUT2D eigenvalue weighted by Gasteiger charge is -2.61. The zero-order chi connectivity index (χ0) is 30.9. The number of benzene rings is 6. The van der Waals surface area contributed by atoms with Gasteiger partial charge in [0.05, 0.1) is 0 Å². The first-order valence-corrected chi connectivity index (χ1v) is 19.6. The maximum Gasteiger partial charge on any atom is 0.0320 e. The summed E-state index contributed by atoms with van der Waals surface area (Å²) in [6, 6.07) is 64.2. The van der Waals surface area contributed by atoms with E-state index in [-0.39, 0.29) is 5.41 Å². The second kappa shape index (κ2) is 12.8. The Morgan fingerprint density at radius 1 is 0.543 bits per heavy atom. The van der Waals surface area contributed by atoms with E-state index in [4.69, 9.17) is 0 Å². The fourth-order valence-corrected chi connectivity index (χ4v) is 14.0. The predicted octanol–water partition coefficient (Wildman–Crippen LogP) is 9.29. The van der Waals surface area contributed by atoms with Gasteiger partial charge in [-0.15, -0.1) is 0 Å². The number of hydrogen-bond acceptors (Lipinski definition) is 0. The van der Waals surface area contributed by atoms with E-state index in [0.717, 1.165) is 6.42 Å². The quantitative estimate of drug-likeness (QED) is 0.132. The number of hydrogen-bond donors (Lipinski definition) is 0. The third kappa shape index (κ3) is 5.17. The molecule has 0 N–H and O–H groups in total. The molecule has 0 saturated carbocycles. The van der Waals surface area contributed by atoms with Crippen molar-refractivity contribution < 1.29 is 0 Å². The van der Waals surface area contributed by atoms with E-state index >= 15 is 0 Å². The van der Waals surface area contributed by atoms with E-state index in [1.807, 2.05) is 0 Å². The van der Waals surface area contributed by atoms with Crippen molar-refractivity contribution in [1.82, 2.24) is 0 Å². The third-order valence-electron chi connectivity index (χ3n) is 10.5. The van der Waals surface area contributed by atoms with Gasteiger partial charge in [-0.05, 0) is 89.9 Å². The van der Waals surface area contributed by atoms with Crippen molar-refractivity contribution in [2.24, 2.45) is 5.92 Å². The van der Waals surface area contributed by atoms with E-state index in [1.54, 1.807) is 16.7 Å². The molecular weight excluding hydrogens is 590 g/mol. The van der Waals surface area contributed by atoms with Crippen LogP contribution in [0.3, 0.4) is 0 Å². The molecule has 0 radical (unpaired) electrons. The van der Waals surface area contributed by atoms with Gasteiger partial charge in [-0.1, -0.05) is 177 Å². The van der Waals surface area contributed by atoms with Crippen molar-refractivity contribution in [2.45, 2.75) is 36.8 Å². The van der Waals surface area contributed by atoms with Gasteiger partial charge in [-0.2, -0.15) is 0 Å². The minimum atomic E-state index is -0.525. The second-order valence-corrected chi connectivity index (χ2v) is 17.9. The van der Waals surface area contributed by atoms with Crippen LogP contribution in [0.2, 0.25) is 0 Å². The first-order valence-electron chi connectivity index (χ1n) is 16.7. The average Bonchev–Trinajstić information content (AvgIpc) is 3.10. The molecule has 6 aromatic carbocycles. The van der Waals surface area contributed by atoms with E-state index < -0.39 is 15.8 Å². The second-order valence-electron chi connectivity index (χ2n) is 13.0. The van der Waals surface area contributed by atoms with Crippen LogP contribution in [0.25, 0.3) is 0 Å². The first kappa shape index (κ1) is 29.6. The SMILES string of the molecule is CC(CC(CP(c1ccccc1)c1ccccc1)C1c2ccccc2C12Cc1ccccc12)P(c1ccccc1)c1ccccc1. The molecule has 1 spiro atoms. The van der Waals surface area contributed by atoms with Gasteiger partial charge in [0, 0.05) is 11.3 Å². The Labute approximate surface area is 277 Å². The zero-order valence-corrected chi connectivity index (χ0v) is 28.2. The van der Waals surface area contributed by atoms with Gasteiger partial charge in [-0.3, -0.25) is 0 Å². The highest BCUT2D eigenvalue weighted by Gasteiger charge is 2.60. The topological polar surface area (TPSA) is 0 Å². The van der Waals surface area contributed by atoms with Gasteiger partial charge in [0.2, 0.25) is 0 Å². The summed E-state index contributed by atoms with van der Waals surface area (Å²) < 4.78 is 0. The highest BCUT2D eigenvalue weighted by atomic mass is 31.1. The summed E-state index contributed by atoms with van der Waals surface area (Å²) in [4.78, 5) is 0. The lowest BCUT2D eigenvalue weighted by atomic mass is 9.42. The Hall–Kier alpha value is -3.82. The van der Waals surface area contributed by atoms with Crippen LogP contribution in [-0.2, 0) is 11.8 Å². The van der Waals surface area contributed by atoms with Gasteiger partial charge in [0.25, 0.3) is 0 Å². The molecule has 226 valence electrons. The van der Waals surface area contributed by atoms with Gasteiger partial charge in [0.1, 0.15) is 0 Å². The summed E-state index contributed by atoms with van der Waals surface area (Å²) in [5.41, 5.74) is 6.95. The summed E-state index contributed by atoms with van der Waals surface area (Å²) >= 11 is 0.